The zero-order valence-corrected chi connectivity index (χ0v) is 23.2. The molecular weight excluding hydrogens is 576 g/mol. The lowest BCUT2D eigenvalue weighted by Crippen LogP contribution is -2.36. The highest BCUT2D eigenvalue weighted by Crippen LogP contribution is 2.51. The van der Waals surface area contributed by atoms with Crippen molar-refractivity contribution in [2.45, 2.75) is 18.8 Å². The third-order valence-corrected chi connectivity index (χ3v) is 8.72. The highest BCUT2D eigenvalue weighted by Gasteiger charge is 2.59. The second kappa shape index (κ2) is 10.5. The van der Waals surface area contributed by atoms with Crippen LogP contribution >= 0.6 is 11.3 Å². The van der Waals surface area contributed by atoms with Crippen molar-refractivity contribution >= 4 is 28.4 Å². The van der Waals surface area contributed by atoms with Crippen molar-refractivity contribution in [2.24, 2.45) is 18.9 Å². The van der Waals surface area contributed by atoms with Crippen LogP contribution in [-0.2, 0) is 24.6 Å². The number of ether oxygens (including phenoxy) is 1. The van der Waals surface area contributed by atoms with E-state index in [4.69, 9.17) is 4.74 Å². The number of nitrogens with zero attached hydrogens (tertiary/aromatic N) is 6. The van der Waals surface area contributed by atoms with Crippen LogP contribution in [0.3, 0.4) is 0 Å². The second-order valence-electron chi connectivity index (χ2n) is 10.3. The highest BCUT2D eigenvalue weighted by molar-refractivity contribution is 7.17. The zero-order chi connectivity index (χ0) is 29.8. The number of piperidine rings is 1. The Kier molecular flexibility index (Phi) is 6.95. The number of fused-ring (bicyclic) bond motifs is 1. The molecule has 9 nitrogen and oxygen atoms in total. The molecule has 1 aliphatic heterocycles. The standard InChI is InChI=1S/C28H24F4N6O3S/c1-36-21(39)10-20(16-8-9-33-11-19(16)29)34-26(36)37(2)22-17-12-38(13-18(17)22)27-35-24(28(30,31)32)23(42-27)25(40)41-14-15-6-4-3-5-7-15/h3-11,17-18,22H,12-14H2,1-2H3/t17-,18+,22?. The molecule has 218 valence electrons. The van der Waals surface area contributed by atoms with Crippen LogP contribution in [0.25, 0.3) is 11.3 Å². The average molecular weight is 601 g/mol. The van der Waals surface area contributed by atoms with Gasteiger partial charge < -0.3 is 14.5 Å². The van der Waals surface area contributed by atoms with Gasteiger partial charge in [0.2, 0.25) is 5.95 Å². The molecule has 42 heavy (non-hydrogen) atoms. The number of carbonyl (C=O) groups excluding carboxylic acids is 1. The minimum Gasteiger partial charge on any atom is -0.457 e. The van der Waals surface area contributed by atoms with Crippen LogP contribution in [0.15, 0.2) is 59.7 Å². The summed E-state index contributed by atoms with van der Waals surface area (Å²) in [4.78, 5) is 40.4. The van der Waals surface area contributed by atoms with Crippen LogP contribution in [0, 0.1) is 17.7 Å². The van der Waals surface area contributed by atoms with Crippen molar-refractivity contribution in [2.75, 3.05) is 29.9 Å². The quantitative estimate of drug-likeness (QED) is 0.228. The predicted octanol–water partition coefficient (Wildman–Crippen LogP) is 4.38. The van der Waals surface area contributed by atoms with E-state index in [0.29, 0.717) is 35.9 Å². The number of pyridine rings is 1. The van der Waals surface area contributed by atoms with Crippen molar-refractivity contribution < 1.29 is 27.1 Å². The summed E-state index contributed by atoms with van der Waals surface area (Å²) in [5.74, 6) is -1.19. The summed E-state index contributed by atoms with van der Waals surface area (Å²) in [5.41, 5.74) is -0.625. The molecule has 1 unspecified atom stereocenters. The lowest BCUT2D eigenvalue weighted by molar-refractivity contribution is -0.141. The summed E-state index contributed by atoms with van der Waals surface area (Å²) in [7, 11) is 3.36. The normalized spacial score (nSPS) is 19.5. The third kappa shape index (κ3) is 5.10. The van der Waals surface area contributed by atoms with Crippen molar-refractivity contribution in [3.63, 3.8) is 0 Å². The van der Waals surface area contributed by atoms with Gasteiger partial charge in [0.1, 0.15) is 11.5 Å². The van der Waals surface area contributed by atoms with Gasteiger partial charge in [-0.05, 0) is 11.6 Å². The summed E-state index contributed by atoms with van der Waals surface area (Å²) in [5, 5.41) is 0.100. The smallest absolute Gasteiger partial charge is 0.435 e. The van der Waals surface area contributed by atoms with E-state index < -0.39 is 28.5 Å². The first-order chi connectivity index (χ1) is 20.0. The number of aromatic nitrogens is 4. The van der Waals surface area contributed by atoms with Crippen molar-refractivity contribution in [1.29, 1.82) is 0 Å². The summed E-state index contributed by atoms with van der Waals surface area (Å²) in [6, 6.07) is 11.4. The molecule has 6 rings (SSSR count). The Hall–Kier alpha value is -4.33. The van der Waals surface area contributed by atoms with E-state index in [1.807, 2.05) is 4.90 Å². The number of rotatable bonds is 7. The fourth-order valence-electron chi connectivity index (χ4n) is 5.49. The molecule has 0 radical (unpaired) electrons. The van der Waals surface area contributed by atoms with Crippen LogP contribution in [0.5, 0.6) is 0 Å². The molecular formula is C28H24F4N6O3S. The molecule has 1 saturated heterocycles. The van der Waals surface area contributed by atoms with Gasteiger partial charge in [0.15, 0.2) is 16.6 Å². The largest absolute Gasteiger partial charge is 0.457 e. The first-order valence-corrected chi connectivity index (χ1v) is 13.8. The van der Waals surface area contributed by atoms with Gasteiger partial charge in [0.25, 0.3) is 5.56 Å². The Morgan fingerprint density at radius 1 is 1.14 bits per heavy atom. The first-order valence-electron chi connectivity index (χ1n) is 13.0. The van der Waals surface area contributed by atoms with Crippen LogP contribution in [0.2, 0.25) is 0 Å². The Morgan fingerprint density at radius 2 is 1.86 bits per heavy atom. The summed E-state index contributed by atoms with van der Waals surface area (Å²) < 4.78 is 62.3. The van der Waals surface area contributed by atoms with Crippen molar-refractivity contribution in [1.82, 2.24) is 19.5 Å². The zero-order valence-electron chi connectivity index (χ0n) is 22.4. The number of thiazole rings is 1. The topological polar surface area (TPSA) is 93.5 Å². The average Bonchev–Trinajstić information content (AvgIpc) is 3.28. The van der Waals surface area contributed by atoms with Gasteiger partial charge in [-0.3, -0.25) is 14.3 Å². The van der Waals surface area contributed by atoms with Crippen LogP contribution < -0.4 is 15.4 Å². The van der Waals surface area contributed by atoms with Crippen LogP contribution in [0.4, 0.5) is 28.6 Å². The molecule has 0 spiro atoms. The van der Waals surface area contributed by atoms with Crippen molar-refractivity contribution in [3.05, 3.63) is 87.2 Å². The van der Waals surface area contributed by atoms with Gasteiger partial charge in [-0.15, -0.1) is 0 Å². The molecule has 0 amide bonds. The van der Waals surface area contributed by atoms with E-state index in [-0.39, 0.29) is 46.4 Å². The van der Waals surface area contributed by atoms with Gasteiger partial charge in [-0.1, -0.05) is 41.7 Å². The van der Waals surface area contributed by atoms with Crippen LogP contribution in [0.1, 0.15) is 20.9 Å². The Bertz CT molecular complexity index is 1700. The van der Waals surface area contributed by atoms with E-state index in [2.05, 4.69) is 15.0 Å². The lowest BCUT2D eigenvalue weighted by atomic mass is 10.2. The molecule has 3 atom stereocenters. The fraction of sp³-hybridized carbons (Fsp3) is 0.321. The lowest BCUT2D eigenvalue weighted by Gasteiger charge is -2.26. The Labute approximate surface area is 241 Å². The first kappa shape index (κ1) is 27.8. The summed E-state index contributed by atoms with van der Waals surface area (Å²) in [6.45, 7) is 0.669. The number of benzene rings is 1. The minimum atomic E-state index is -4.82. The predicted molar refractivity (Wildman–Crippen MR) is 147 cm³/mol. The fourth-order valence-corrected chi connectivity index (χ4v) is 6.48. The van der Waals surface area contributed by atoms with E-state index in [1.165, 1.54) is 22.9 Å². The number of hydrogen-bond acceptors (Lipinski definition) is 9. The molecule has 1 saturated carbocycles. The minimum absolute atomic E-state index is 0.0331. The SMILES string of the molecule is CN(c1nc(-c2ccncc2F)cc(=O)n1C)C1[C@H]2CN(c3nc(C(F)(F)F)c(C(=O)OCc4ccccc4)s3)C[C@@H]12. The molecule has 3 aromatic heterocycles. The third-order valence-electron chi connectivity index (χ3n) is 7.62. The molecule has 1 aromatic carbocycles. The monoisotopic (exact) mass is 600 g/mol. The number of halogens is 4. The number of alkyl halides is 3. The molecule has 14 heteroatoms. The molecule has 4 heterocycles. The molecule has 1 aliphatic carbocycles. The van der Waals surface area contributed by atoms with E-state index >= 15 is 0 Å². The Balaban J connectivity index is 1.18. The van der Waals surface area contributed by atoms with Crippen LogP contribution in [-0.4, -0.2) is 51.7 Å². The number of carbonyl (C=O) groups is 1. The highest BCUT2D eigenvalue weighted by atomic mass is 32.1. The Morgan fingerprint density at radius 3 is 2.52 bits per heavy atom. The van der Waals surface area contributed by atoms with Gasteiger partial charge in [-0.25, -0.2) is 19.2 Å². The molecule has 4 aromatic rings. The van der Waals surface area contributed by atoms with E-state index in [0.717, 1.165) is 6.20 Å². The maximum atomic E-state index is 14.3. The molecule has 2 fully saturated rings. The van der Waals surface area contributed by atoms with Gasteiger partial charge in [-0.2, -0.15) is 13.2 Å². The van der Waals surface area contributed by atoms with Gasteiger partial charge in [0, 0.05) is 62.9 Å². The van der Waals surface area contributed by atoms with E-state index in [1.54, 1.807) is 49.3 Å². The van der Waals surface area contributed by atoms with Crippen molar-refractivity contribution in [3.8, 4) is 11.3 Å². The number of esters is 1. The number of hydrogen-bond donors (Lipinski definition) is 0. The van der Waals surface area contributed by atoms with E-state index in [9.17, 15) is 27.2 Å². The number of anilines is 2. The molecule has 0 bridgehead atoms. The summed E-state index contributed by atoms with van der Waals surface area (Å²) in [6.07, 6.45) is -2.36. The van der Waals surface area contributed by atoms with Gasteiger partial charge >= 0.3 is 12.1 Å². The maximum Gasteiger partial charge on any atom is 0.435 e. The summed E-state index contributed by atoms with van der Waals surface area (Å²) >= 11 is 0.669. The maximum absolute atomic E-state index is 14.3. The molecule has 2 aliphatic rings. The second-order valence-corrected chi connectivity index (χ2v) is 11.2. The molecule has 0 N–H and O–H groups in total. The van der Waals surface area contributed by atoms with Gasteiger partial charge in [0.05, 0.1) is 11.9 Å².